The van der Waals surface area contributed by atoms with Crippen molar-refractivity contribution in [2.24, 2.45) is 5.73 Å². The lowest BCUT2D eigenvalue weighted by Gasteiger charge is -2.26. The van der Waals surface area contributed by atoms with Crippen molar-refractivity contribution in [1.29, 1.82) is 0 Å². The first kappa shape index (κ1) is 14.3. The number of hydrogen-bond donors (Lipinski definition) is 1. The summed E-state index contributed by atoms with van der Waals surface area (Å²) >= 11 is 0. The number of hydrogen-bond acceptors (Lipinski definition) is 4. The van der Waals surface area contributed by atoms with Gasteiger partial charge in [-0.25, -0.2) is 9.50 Å². The van der Waals surface area contributed by atoms with Gasteiger partial charge in [-0.3, -0.25) is 0 Å². The highest BCUT2D eigenvalue weighted by Gasteiger charge is 2.27. The van der Waals surface area contributed by atoms with Crippen LogP contribution in [0.3, 0.4) is 0 Å². The van der Waals surface area contributed by atoms with Gasteiger partial charge in [0.2, 0.25) is 0 Å². The molecule has 2 N–H and O–H groups in total. The van der Waals surface area contributed by atoms with Crippen LogP contribution in [-0.4, -0.2) is 33.7 Å². The maximum absolute atomic E-state index is 5.67. The molecule has 0 aromatic carbocycles. The summed E-state index contributed by atoms with van der Waals surface area (Å²) in [7, 11) is 0. The van der Waals surface area contributed by atoms with Gasteiger partial charge in [0.1, 0.15) is 5.52 Å². The van der Waals surface area contributed by atoms with Gasteiger partial charge in [0.05, 0.1) is 5.69 Å². The summed E-state index contributed by atoms with van der Waals surface area (Å²) in [4.78, 5) is 7.11. The lowest BCUT2D eigenvalue weighted by atomic mass is 10.1. The second kappa shape index (κ2) is 6.02. The Kier molecular flexibility index (Phi) is 4.10. The summed E-state index contributed by atoms with van der Waals surface area (Å²) in [5.74, 6) is 1.51. The Balaban J connectivity index is 1.95. The number of aromatic nitrogens is 3. The fraction of sp³-hybridized carbons (Fsp3) is 0.625. The molecule has 5 heteroatoms. The van der Waals surface area contributed by atoms with Gasteiger partial charge >= 0.3 is 0 Å². The third kappa shape index (κ3) is 2.75. The molecule has 0 aliphatic carbocycles. The molecule has 1 aliphatic heterocycles. The van der Waals surface area contributed by atoms with Crippen LogP contribution in [0.5, 0.6) is 0 Å². The van der Waals surface area contributed by atoms with Crippen LogP contribution in [0.15, 0.2) is 18.5 Å². The molecule has 0 spiro atoms. The summed E-state index contributed by atoms with van der Waals surface area (Å²) in [5, 5.41) is 4.66. The smallest absolute Gasteiger partial charge is 0.154 e. The summed E-state index contributed by atoms with van der Waals surface area (Å²) in [6, 6.07) is 2.76. The van der Waals surface area contributed by atoms with Gasteiger partial charge in [0.25, 0.3) is 0 Å². The van der Waals surface area contributed by atoms with Crippen LogP contribution in [-0.2, 0) is 0 Å². The van der Waals surface area contributed by atoms with E-state index in [1.165, 1.54) is 12.8 Å². The first-order valence-corrected chi connectivity index (χ1v) is 8.01. The predicted molar refractivity (Wildman–Crippen MR) is 85.7 cm³/mol. The van der Waals surface area contributed by atoms with Gasteiger partial charge in [-0.2, -0.15) is 5.10 Å². The van der Waals surface area contributed by atoms with Crippen LogP contribution in [0.4, 0.5) is 5.82 Å². The Hall–Kier alpha value is -1.62. The monoisotopic (exact) mass is 287 g/mol. The topological polar surface area (TPSA) is 59.5 Å². The van der Waals surface area contributed by atoms with Crippen molar-refractivity contribution in [2.45, 2.75) is 51.5 Å². The average Bonchev–Trinajstić information content (AvgIpc) is 3.10. The zero-order chi connectivity index (χ0) is 14.8. The highest BCUT2D eigenvalue weighted by atomic mass is 15.3. The van der Waals surface area contributed by atoms with E-state index in [1.807, 2.05) is 16.9 Å². The summed E-state index contributed by atoms with van der Waals surface area (Å²) in [5.41, 5.74) is 7.92. The standard InChI is InChI=1S/C16H25N5/c1-12(2)14-11-15-16(18-8-10-21(15)19-14)20-9-4-6-13(20)5-3-7-17/h8,10-13H,3-7,9,17H2,1-2H3. The van der Waals surface area contributed by atoms with Crippen LogP contribution < -0.4 is 10.6 Å². The maximum atomic E-state index is 5.67. The molecule has 2 aromatic rings. The van der Waals surface area contributed by atoms with E-state index >= 15 is 0 Å². The zero-order valence-corrected chi connectivity index (χ0v) is 13.0. The first-order valence-electron chi connectivity index (χ1n) is 8.01. The average molecular weight is 287 g/mol. The molecule has 5 nitrogen and oxygen atoms in total. The molecule has 0 bridgehead atoms. The van der Waals surface area contributed by atoms with Crippen LogP contribution in [0.2, 0.25) is 0 Å². The Morgan fingerprint density at radius 1 is 1.43 bits per heavy atom. The minimum absolute atomic E-state index is 0.435. The fourth-order valence-corrected chi connectivity index (χ4v) is 3.20. The normalized spacial score (nSPS) is 19.0. The van der Waals surface area contributed by atoms with Gasteiger partial charge in [-0.1, -0.05) is 13.8 Å². The number of fused-ring (bicyclic) bond motifs is 1. The molecule has 1 aliphatic rings. The van der Waals surface area contributed by atoms with E-state index in [4.69, 9.17) is 5.73 Å². The molecule has 1 atom stereocenters. The molecule has 3 rings (SSSR count). The number of nitrogens with two attached hydrogens (primary N) is 1. The molecule has 2 aromatic heterocycles. The number of rotatable bonds is 5. The highest BCUT2D eigenvalue weighted by molar-refractivity contribution is 5.70. The Bertz CT molecular complexity index is 604. The molecule has 114 valence electrons. The second-order valence-electron chi connectivity index (χ2n) is 6.22. The minimum atomic E-state index is 0.435. The third-order valence-electron chi connectivity index (χ3n) is 4.37. The van der Waals surface area contributed by atoms with E-state index in [9.17, 15) is 0 Å². The van der Waals surface area contributed by atoms with E-state index in [2.05, 4.69) is 34.9 Å². The maximum Gasteiger partial charge on any atom is 0.154 e. The van der Waals surface area contributed by atoms with Gasteiger partial charge in [-0.15, -0.1) is 0 Å². The van der Waals surface area contributed by atoms with Crippen molar-refractivity contribution >= 4 is 11.3 Å². The Morgan fingerprint density at radius 3 is 3.05 bits per heavy atom. The first-order chi connectivity index (χ1) is 10.2. The molecule has 3 heterocycles. The van der Waals surface area contributed by atoms with Crippen molar-refractivity contribution in [1.82, 2.24) is 14.6 Å². The SMILES string of the molecule is CC(C)c1cc2c(N3CCCC3CCCN)nccn2n1. The van der Waals surface area contributed by atoms with E-state index in [1.54, 1.807) is 0 Å². The van der Waals surface area contributed by atoms with Crippen molar-refractivity contribution < 1.29 is 0 Å². The van der Waals surface area contributed by atoms with Gasteiger partial charge < -0.3 is 10.6 Å². The van der Waals surface area contributed by atoms with Crippen LogP contribution >= 0.6 is 0 Å². The van der Waals surface area contributed by atoms with Crippen LogP contribution in [0.25, 0.3) is 5.52 Å². The molecule has 1 fully saturated rings. The lowest BCUT2D eigenvalue weighted by Crippen LogP contribution is -2.30. The van der Waals surface area contributed by atoms with Crippen molar-refractivity contribution in [2.75, 3.05) is 18.0 Å². The number of nitrogens with zero attached hydrogens (tertiary/aromatic N) is 4. The minimum Gasteiger partial charge on any atom is -0.352 e. The van der Waals surface area contributed by atoms with E-state index in [-0.39, 0.29) is 0 Å². The Morgan fingerprint density at radius 2 is 2.29 bits per heavy atom. The highest BCUT2D eigenvalue weighted by Crippen LogP contribution is 2.30. The molecule has 1 saturated heterocycles. The fourth-order valence-electron chi connectivity index (χ4n) is 3.20. The van der Waals surface area contributed by atoms with E-state index in [0.717, 1.165) is 43.0 Å². The van der Waals surface area contributed by atoms with Gasteiger partial charge in [0.15, 0.2) is 5.82 Å². The quantitative estimate of drug-likeness (QED) is 0.918. The Labute approximate surface area is 126 Å². The van der Waals surface area contributed by atoms with Gasteiger partial charge in [-0.05, 0) is 44.2 Å². The van der Waals surface area contributed by atoms with Crippen molar-refractivity contribution in [3.05, 3.63) is 24.2 Å². The molecule has 0 radical (unpaired) electrons. The van der Waals surface area contributed by atoms with Crippen LogP contribution in [0, 0.1) is 0 Å². The third-order valence-corrected chi connectivity index (χ3v) is 4.37. The van der Waals surface area contributed by atoms with Crippen molar-refractivity contribution in [3.8, 4) is 0 Å². The summed E-state index contributed by atoms with van der Waals surface area (Å²) in [6.07, 6.45) is 8.52. The number of anilines is 1. The lowest BCUT2D eigenvalue weighted by molar-refractivity contribution is 0.582. The van der Waals surface area contributed by atoms with E-state index in [0.29, 0.717) is 12.0 Å². The van der Waals surface area contributed by atoms with Crippen LogP contribution in [0.1, 0.15) is 51.1 Å². The zero-order valence-electron chi connectivity index (χ0n) is 13.0. The molecular formula is C16H25N5. The summed E-state index contributed by atoms with van der Waals surface area (Å²) in [6.45, 7) is 6.21. The second-order valence-corrected chi connectivity index (χ2v) is 6.22. The molecule has 0 amide bonds. The molecule has 21 heavy (non-hydrogen) atoms. The largest absolute Gasteiger partial charge is 0.352 e. The molecular weight excluding hydrogens is 262 g/mol. The van der Waals surface area contributed by atoms with Gasteiger partial charge in [0, 0.05) is 25.0 Å². The molecule has 1 unspecified atom stereocenters. The molecule has 0 saturated carbocycles. The van der Waals surface area contributed by atoms with E-state index < -0.39 is 0 Å². The predicted octanol–water partition coefficient (Wildman–Crippen LogP) is 2.56. The van der Waals surface area contributed by atoms with Crippen molar-refractivity contribution in [3.63, 3.8) is 0 Å². The summed E-state index contributed by atoms with van der Waals surface area (Å²) < 4.78 is 1.97.